The zero-order valence-corrected chi connectivity index (χ0v) is 8.88. The first-order chi connectivity index (χ1) is 8.56. The Bertz CT molecular complexity index is 796. The first-order valence-electron chi connectivity index (χ1n) is 5.05. The molecule has 0 bridgehead atoms. The van der Waals surface area contributed by atoms with Crippen LogP contribution in [0, 0.1) is 11.0 Å². The van der Waals surface area contributed by atoms with E-state index in [1.165, 1.54) is 12.1 Å². The summed E-state index contributed by atoms with van der Waals surface area (Å²) in [5, 5.41) is 21.2. The first kappa shape index (κ1) is 10.5. The van der Waals surface area contributed by atoms with Crippen LogP contribution in [0.1, 0.15) is 0 Å². The van der Waals surface area contributed by atoms with Gasteiger partial charge in [0.1, 0.15) is 0 Å². The van der Waals surface area contributed by atoms with Crippen LogP contribution in [0.2, 0.25) is 0 Å². The van der Waals surface area contributed by atoms with Gasteiger partial charge in [0.2, 0.25) is 11.3 Å². The van der Waals surface area contributed by atoms with Gasteiger partial charge in [-0.05, 0) is 6.07 Å². The predicted molar refractivity (Wildman–Crippen MR) is 59.7 cm³/mol. The van der Waals surface area contributed by atoms with Crippen molar-refractivity contribution in [1.29, 1.82) is 0 Å². The summed E-state index contributed by atoms with van der Waals surface area (Å²) in [6.07, 6.45) is 0. The van der Waals surface area contributed by atoms with Crippen molar-refractivity contribution in [3.05, 3.63) is 51.6 Å². The standard InChI is InChI=1S/C12H6FNO4/c13-7-4-9-12(5-10(7)16)18-11-3-6(15)1-2-8(11)14(9)17/h1-5,16H. The minimum atomic E-state index is -0.915. The van der Waals surface area contributed by atoms with Gasteiger partial charge >= 0.3 is 0 Å². The number of benzene rings is 2. The molecule has 1 aliphatic heterocycles. The molecule has 6 heteroatoms. The fourth-order valence-corrected chi connectivity index (χ4v) is 1.76. The summed E-state index contributed by atoms with van der Waals surface area (Å²) in [5.41, 5.74) is -0.248. The quantitative estimate of drug-likeness (QED) is 0.370. The maximum Gasteiger partial charge on any atom is 0.263 e. The molecule has 0 spiro atoms. The monoisotopic (exact) mass is 247 g/mol. The molecule has 0 amide bonds. The molecule has 5 nitrogen and oxygen atoms in total. The number of rotatable bonds is 0. The van der Waals surface area contributed by atoms with E-state index in [4.69, 9.17) is 4.42 Å². The van der Waals surface area contributed by atoms with E-state index in [1.54, 1.807) is 0 Å². The molecule has 0 radical (unpaired) electrons. The number of halogens is 1. The minimum Gasteiger partial charge on any atom is -0.618 e. The van der Waals surface area contributed by atoms with Crippen molar-refractivity contribution in [3.8, 4) is 17.2 Å². The van der Waals surface area contributed by atoms with Gasteiger partial charge in [-0.3, -0.25) is 4.79 Å². The smallest absolute Gasteiger partial charge is 0.263 e. The van der Waals surface area contributed by atoms with Gasteiger partial charge in [-0.15, -0.1) is 0 Å². The molecule has 0 aromatic heterocycles. The third-order valence-corrected chi connectivity index (χ3v) is 2.62. The Hall–Kier alpha value is -2.63. The Labute approximate surface area is 99.3 Å². The Morgan fingerprint density at radius 2 is 2.06 bits per heavy atom. The number of phenolic OH excluding ortho intramolecular Hbond substituents is 1. The summed E-state index contributed by atoms with van der Waals surface area (Å²) in [6, 6.07) is 5.55. The van der Waals surface area contributed by atoms with Crippen molar-refractivity contribution in [1.82, 2.24) is 0 Å². The van der Waals surface area contributed by atoms with E-state index < -0.39 is 11.6 Å². The molecule has 2 aliphatic rings. The molecule has 0 fully saturated rings. The van der Waals surface area contributed by atoms with E-state index in [1.807, 2.05) is 0 Å². The third kappa shape index (κ3) is 1.39. The lowest BCUT2D eigenvalue weighted by molar-refractivity contribution is -0.566. The van der Waals surface area contributed by atoms with Gasteiger partial charge in [0.25, 0.3) is 11.2 Å². The van der Waals surface area contributed by atoms with E-state index in [-0.39, 0.29) is 28.0 Å². The second kappa shape index (κ2) is 3.43. The number of phenols is 1. The van der Waals surface area contributed by atoms with Crippen LogP contribution in [0.15, 0.2) is 39.5 Å². The number of hydrogen-bond donors (Lipinski definition) is 1. The maximum atomic E-state index is 13.2. The lowest BCUT2D eigenvalue weighted by Gasteiger charge is -2.08. The van der Waals surface area contributed by atoms with E-state index in [9.17, 15) is 19.5 Å². The molecule has 0 saturated heterocycles. The molecule has 0 saturated carbocycles. The van der Waals surface area contributed by atoms with E-state index in [0.29, 0.717) is 4.73 Å². The van der Waals surface area contributed by atoms with Crippen LogP contribution < -0.4 is 10.2 Å². The zero-order chi connectivity index (χ0) is 12.9. The van der Waals surface area contributed by atoms with Crippen LogP contribution in [-0.4, -0.2) is 5.11 Å². The Morgan fingerprint density at radius 1 is 1.28 bits per heavy atom. The first-order valence-corrected chi connectivity index (χ1v) is 5.05. The van der Waals surface area contributed by atoms with Gasteiger partial charge in [-0.25, -0.2) is 4.39 Å². The van der Waals surface area contributed by atoms with Crippen molar-refractivity contribution < 1.29 is 18.6 Å². The average Bonchev–Trinajstić information content (AvgIpc) is 2.32. The molecular weight excluding hydrogens is 241 g/mol. The molecule has 90 valence electrons. The van der Waals surface area contributed by atoms with Gasteiger partial charge in [-0.1, -0.05) is 0 Å². The number of nitrogens with zero attached hydrogens (tertiary/aromatic N) is 1. The predicted octanol–water partition coefficient (Wildman–Crippen LogP) is 1.38. The Morgan fingerprint density at radius 3 is 2.83 bits per heavy atom. The summed E-state index contributed by atoms with van der Waals surface area (Å²) in [6.45, 7) is 0. The van der Waals surface area contributed by atoms with Gasteiger partial charge in [-0.2, -0.15) is 4.73 Å². The van der Waals surface area contributed by atoms with E-state index in [0.717, 1.165) is 18.2 Å². The van der Waals surface area contributed by atoms with Crippen LogP contribution in [0.25, 0.3) is 22.6 Å². The number of aromatic nitrogens is 1. The summed E-state index contributed by atoms with van der Waals surface area (Å²) < 4.78 is 18.9. The highest BCUT2D eigenvalue weighted by Crippen LogP contribution is 2.26. The molecule has 1 aromatic rings. The van der Waals surface area contributed by atoms with Crippen molar-refractivity contribution >= 4 is 11.1 Å². The largest absolute Gasteiger partial charge is 0.618 e. The van der Waals surface area contributed by atoms with Crippen molar-refractivity contribution in [3.63, 3.8) is 0 Å². The van der Waals surface area contributed by atoms with Crippen molar-refractivity contribution in [2.75, 3.05) is 0 Å². The highest BCUT2D eigenvalue weighted by Gasteiger charge is 2.21. The average molecular weight is 247 g/mol. The molecule has 18 heavy (non-hydrogen) atoms. The van der Waals surface area contributed by atoms with Crippen molar-refractivity contribution in [2.24, 2.45) is 0 Å². The van der Waals surface area contributed by atoms with Crippen LogP contribution in [0.5, 0.6) is 5.75 Å². The number of aromatic hydroxyl groups is 1. The molecular formula is C12H6FNO4. The fourth-order valence-electron chi connectivity index (χ4n) is 1.76. The fraction of sp³-hybridized carbons (Fsp3) is 0. The summed E-state index contributed by atoms with van der Waals surface area (Å²) in [7, 11) is 0. The maximum absolute atomic E-state index is 13.2. The molecule has 0 atom stereocenters. The molecule has 1 heterocycles. The molecule has 1 N–H and O–H groups in total. The van der Waals surface area contributed by atoms with Crippen LogP contribution in [0.4, 0.5) is 4.39 Å². The van der Waals surface area contributed by atoms with Crippen LogP contribution in [-0.2, 0) is 0 Å². The molecule has 0 unspecified atom stereocenters. The molecule has 1 aromatic carbocycles. The van der Waals surface area contributed by atoms with E-state index >= 15 is 0 Å². The Balaban J connectivity index is 2.53. The highest BCUT2D eigenvalue weighted by atomic mass is 19.1. The number of hydrogen-bond acceptors (Lipinski definition) is 4. The number of fused-ring (bicyclic) bond motifs is 2. The summed E-state index contributed by atoms with van der Waals surface area (Å²) in [4.78, 5) is 11.2. The SMILES string of the molecule is O=c1ccc2[n+]([O-])c3cc(F)c(O)cc3oc-2c1. The summed E-state index contributed by atoms with van der Waals surface area (Å²) >= 11 is 0. The van der Waals surface area contributed by atoms with Crippen LogP contribution >= 0.6 is 0 Å². The summed E-state index contributed by atoms with van der Waals surface area (Å²) in [5.74, 6) is -1.46. The Kier molecular flexibility index (Phi) is 2.00. The highest BCUT2D eigenvalue weighted by molar-refractivity contribution is 5.73. The van der Waals surface area contributed by atoms with Crippen LogP contribution in [0.3, 0.4) is 0 Å². The lowest BCUT2D eigenvalue weighted by Crippen LogP contribution is -2.31. The minimum absolute atomic E-state index is 0.00185. The van der Waals surface area contributed by atoms with Gasteiger partial charge in [0, 0.05) is 18.2 Å². The van der Waals surface area contributed by atoms with Gasteiger partial charge in [0.15, 0.2) is 17.0 Å². The second-order valence-electron chi connectivity index (χ2n) is 3.80. The molecule has 1 aliphatic carbocycles. The van der Waals surface area contributed by atoms with Gasteiger partial charge in [0.05, 0.1) is 6.07 Å². The zero-order valence-electron chi connectivity index (χ0n) is 8.88. The lowest BCUT2D eigenvalue weighted by atomic mass is 10.2. The second-order valence-corrected chi connectivity index (χ2v) is 3.80. The topological polar surface area (TPSA) is 77.4 Å². The van der Waals surface area contributed by atoms with E-state index in [2.05, 4.69) is 0 Å². The third-order valence-electron chi connectivity index (χ3n) is 2.62. The molecule has 3 rings (SSSR count). The van der Waals surface area contributed by atoms with Crippen molar-refractivity contribution in [2.45, 2.75) is 0 Å². The normalized spacial score (nSPS) is 11.2. The van der Waals surface area contributed by atoms with Gasteiger partial charge < -0.3 is 14.7 Å².